The average Bonchev–Trinajstić information content (AvgIpc) is 3.07. The molecule has 23 heavy (non-hydrogen) atoms. The van der Waals surface area contributed by atoms with Crippen molar-refractivity contribution in [2.24, 2.45) is 5.92 Å². The minimum atomic E-state index is -2.90. The Labute approximate surface area is 138 Å². The fraction of sp³-hybridized carbons (Fsp3) is 0.571. The van der Waals surface area contributed by atoms with Crippen molar-refractivity contribution in [1.29, 1.82) is 0 Å². The van der Waals surface area contributed by atoms with Gasteiger partial charge < -0.3 is 30.0 Å². The maximum absolute atomic E-state index is 12.5. The van der Waals surface area contributed by atoms with Crippen LogP contribution in [-0.2, 0) is 6.54 Å². The van der Waals surface area contributed by atoms with E-state index in [1.807, 2.05) is 0 Å². The number of ether oxygens (including phenoxy) is 3. The van der Waals surface area contributed by atoms with Crippen LogP contribution in [0.1, 0.15) is 5.56 Å². The SMILES string of the molecule is Cl.OC1CNCC1CNCc1cc2c(cc1OC(F)F)OCO2. The van der Waals surface area contributed by atoms with Crippen LogP contribution in [0, 0.1) is 5.92 Å². The van der Waals surface area contributed by atoms with Crippen LogP contribution < -0.4 is 24.8 Å². The number of fused-ring (bicyclic) bond motifs is 1. The fourth-order valence-corrected chi connectivity index (χ4v) is 2.63. The third-order valence-corrected chi connectivity index (χ3v) is 3.80. The molecule has 2 unspecified atom stereocenters. The van der Waals surface area contributed by atoms with Crippen LogP contribution in [0.15, 0.2) is 12.1 Å². The molecule has 3 rings (SSSR count). The van der Waals surface area contributed by atoms with Crippen molar-refractivity contribution in [3.05, 3.63) is 17.7 Å². The molecule has 0 aliphatic carbocycles. The summed E-state index contributed by atoms with van der Waals surface area (Å²) in [7, 11) is 0. The highest BCUT2D eigenvalue weighted by Crippen LogP contribution is 2.38. The summed E-state index contributed by atoms with van der Waals surface area (Å²) >= 11 is 0. The molecular weight excluding hydrogens is 334 g/mol. The second-order valence-electron chi connectivity index (χ2n) is 5.31. The first-order valence-electron chi connectivity index (χ1n) is 7.10. The van der Waals surface area contributed by atoms with Gasteiger partial charge in [-0.1, -0.05) is 0 Å². The van der Waals surface area contributed by atoms with E-state index in [-0.39, 0.29) is 37.0 Å². The van der Waals surface area contributed by atoms with Crippen molar-refractivity contribution in [3.8, 4) is 17.2 Å². The number of β-amino-alcohol motifs (C(OH)–C–C–N with tert-alkyl or cyclic N) is 1. The molecule has 0 bridgehead atoms. The van der Waals surface area contributed by atoms with Crippen LogP contribution in [0.5, 0.6) is 17.2 Å². The van der Waals surface area contributed by atoms with E-state index in [4.69, 9.17) is 9.47 Å². The van der Waals surface area contributed by atoms with Gasteiger partial charge in [-0.25, -0.2) is 0 Å². The van der Waals surface area contributed by atoms with Gasteiger partial charge >= 0.3 is 6.61 Å². The van der Waals surface area contributed by atoms with Gasteiger partial charge in [-0.3, -0.25) is 0 Å². The first kappa shape index (κ1) is 18.0. The summed E-state index contributed by atoms with van der Waals surface area (Å²) in [6, 6.07) is 3.05. The number of aliphatic hydroxyl groups is 1. The van der Waals surface area contributed by atoms with E-state index in [0.717, 1.165) is 6.54 Å². The molecule has 0 aromatic heterocycles. The predicted molar refractivity (Wildman–Crippen MR) is 80.5 cm³/mol. The number of rotatable bonds is 6. The summed E-state index contributed by atoms with van der Waals surface area (Å²) in [5.74, 6) is 1.08. The molecule has 0 amide bonds. The highest BCUT2D eigenvalue weighted by molar-refractivity contribution is 5.85. The van der Waals surface area contributed by atoms with Crippen LogP contribution in [-0.4, -0.2) is 44.2 Å². The molecule has 2 atom stereocenters. The zero-order chi connectivity index (χ0) is 15.5. The lowest BCUT2D eigenvalue weighted by molar-refractivity contribution is -0.0505. The lowest BCUT2D eigenvalue weighted by atomic mass is 10.1. The van der Waals surface area contributed by atoms with E-state index in [2.05, 4.69) is 15.4 Å². The summed E-state index contributed by atoms with van der Waals surface area (Å²) in [5, 5.41) is 16.0. The fourth-order valence-electron chi connectivity index (χ4n) is 2.63. The number of hydrogen-bond acceptors (Lipinski definition) is 6. The van der Waals surface area contributed by atoms with E-state index in [1.165, 1.54) is 6.07 Å². The van der Waals surface area contributed by atoms with Gasteiger partial charge in [0.05, 0.1) is 6.10 Å². The minimum absolute atomic E-state index is 0. The van der Waals surface area contributed by atoms with Crippen LogP contribution in [0.2, 0.25) is 0 Å². The van der Waals surface area contributed by atoms with E-state index in [9.17, 15) is 13.9 Å². The minimum Gasteiger partial charge on any atom is -0.454 e. The topological polar surface area (TPSA) is 72.0 Å². The standard InChI is InChI=1S/C14H18F2N2O4.ClH/c15-14(16)22-11-2-13-12(20-7-21-13)1-8(11)3-17-4-9-5-18-6-10(9)19;/h1-2,9-10,14,17-19H,3-7H2;1H. The van der Waals surface area contributed by atoms with Crippen LogP contribution in [0.25, 0.3) is 0 Å². The Morgan fingerprint density at radius 1 is 1.30 bits per heavy atom. The Bertz CT molecular complexity index is 536. The molecule has 1 fully saturated rings. The Morgan fingerprint density at radius 3 is 2.70 bits per heavy atom. The van der Waals surface area contributed by atoms with Crippen molar-refractivity contribution < 1.29 is 28.1 Å². The third kappa shape index (κ3) is 4.35. The number of aliphatic hydroxyl groups excluding tert-OH is 1. The van der Waals surface area contributed by atoms with Gasteiger partial charge in [-0.15, -0.1) is 12.4 Å². The van der Waals surface area contributed by atoms with Crippen molar-refractivity contribution >= 4 is 12.4 Å². The molecular formula is C14H19ClF2N2O4. The summed E-state index contributed by atoms with van der Waals surface area (Å²) < 4.78 is 40.0. The Kier molecular flexibility index (Phi) is 6.23. The number of benzene rings is 1. The monoisotopic (exact) mass is 352 g/mol. The van der Waals surface area contributed by atoms with Crippen molar-refractivity contribution in [3.63, 3.8) is 0 Å². The number of nitrogens with one attached hydrogen (secondary N) is 2. The molecule has 1 aromatic carbocycles. The normalized spacial score (nSPS) is 22.3. The van der Waals surface area contributed by atoms with Gasteiger partial charge in [0.1, 0.15) is 5.75 Å². The highest BCUT2D eigenvalue weighted by Gasteiger charge is 2.25. The van der Waals surface area contributed by atoms with E-state index < -0.39 is 6.61 Å². The maximum atomic E-state index is 12.5. The predicted octanol–water partition coefficient (Wildman–Crippen LogP) is 1.11. The molecule has 9 heteroatoms. The molecule has 0 saturated carbocycles. The third-order valence-electron chi connectivity index (χ3n) is 3.80. The van der Waals surface area contributed by atoms with Gasteiger partial charge in [-0.2, -0.15) is 8.78 Å². The van der Waals surface area contributed by atoms with E-state index >= 15 is 0 Å². The molecule has 6 nitrogen and oxygen atoms in total. The molecule has 2 heterocycles. The zero-order valence-electron chi connectivity index (χ0n) is 12.3. The summed E-state index contributed by atoms with van der Waals surface area (Å²) in [4.78, 5) is 0. The molecule has 130 valence electrons. The van der Waals surface area contributed by atoms with Crippen molar-refractivity contribution in [2.75, 3.05) is 26.4 Å². The molecule has 1 saturated heterocycles. The lowest BCUT2D eigenvalue weighted by Gasteiger charge is -2.16. The first-order valence-corrected chi connectivity index (χ1v) is 7.10. The van der Waals surface area contributed by atoms with Crippen molar-refractivity contribution in [1.82, 2.24) is 10.6 Å². The van der Waals surface area contributed by atoms with Crippen LogP contribution in [0.4, 0.5) is 8.78 Å². The smallest absolute Gasteiger partial charge is 0.387 e. The first-order chi connectivity index (χ1) is 10.6. The van der Waals surface area contributed by atoms with Gasteiger partial charge in [0.2, 0.25) is 6.79 Å². The molecule has 2 aliphatic rings. The Hall–Kier alpha value is -1.35. The van der Waals surface area contributed by atoms with Gasteiger partial charge in [0, 0.05) is 43.7 Å². The maximum Gasteiger partial charge on any atom is 0.387 e. The zero-order valence-corrected chi connectivity index (χ0v) is 13.1. The summed E-state index contributed by atoms with van der Waals surface area (Å²) in [6.07, 6.45) is -0.388. The van der Waals surface area contributed by atoms with Gasteiger partial charge in [0.15, 0.2) is 11.5 Å². The van der Waals surface area contributed by atoms with E-state index in [0.29, 0.717) is 36.7 Å². The van der Waals surface area contributed by atoms with Crippen LogP contribution in [0.3, 0.4) is 0 Å². The van der Waals surface area contributed by atoms with Crippen LogP contribution >= 0.6 is 12.4 Å². The molecule has 0 spiro atoms. The molecule has 0 radical (unpaired) electrons. The van der Waals surface area contributed by atoms with Crippen molar-refractivity contribution in [2.45, 2.75) is 19.3 Å². The molecule has 2 aliphatic heterocycles. The van der Waals surface area contributed by atoms with Gasteiger partial charge in [-0.05, 0) is 6.07 Å². The lowest BCUT2D eigenvalue weighted by Crippen LogP contribution is -2.30. The van der Waals surface area contributed by atoms with Gasteiger partial charge in [0.25, 0.3) is 0 Å². The largest absolute Gasteiger partial charge is 0.454 e. The summed E-state index contributed by atoms with van der Waals surface area (Å²) in [6.45, 7) is -0.606. The average molecular weight is 353 g/mol. The molecule has 1 aromatic rings. The number of alkyl halides is 2. The second kappa shape index (κ2) is 7.96. The quantitative estimate of drug-likeness (QED) is 0.712. The molecule has 3 N–H and O–H groups in total. The highest BCUT2D eigenvalue weighted by atomic mass is 35.5. The second-order valence-corrected chi connectivity index (χ2v) is 5.31. The Morgan fingerprint density at radius 2 is 2.04 bits per heavy atom. The Balaban J connectivity index is 0.00000192. The van der Waals surface area contributed by atoms with E-state index in [1.54, 1.807) is 6.07 Å². The summed E-state index contributed by atoms with van der Waals surface area (Å²) in [5.41, 5.74) is 0.560. The number of halogens is 3. The number of hydrogen-bond donors (Lipinski definition) is 3.